The van der Waals surface area contributed by atoms with Gasteiger partial charge in [0, 0.05) is 13.1 Å². The third-order valence-electron chi connectivity index (χ3n) is 2.87. The van der Waals surface area contributed by atoms with Crippen molar-refractivity contribution in [3.8, 4) is 5.75 Å². The van der Waals surface area contributed by atoms with Crippen molar-refractivity contribution in [2.24, 2.45) is 0 Å². The number of nitrogens with zero attached hydrogens (tertiary/aromatic N) is 1. The zero-order chi connectivity index (χ0) is 15.1. The number of thiocarbonyl (C=S) groups is 1. The molecule has 2 N–H and O–H groups in total. The molecule has 1 rings (SSSR count). The first-order valence-corrected chi connectivity index (χ1v) is 7.66. The van der Waals surface area contributed by atoms with Crippen LogP contribution >= 0.6 is 28.1 Å². The van der Waals surface area contributed by atoms with E-state index in [1.165, 1.54) is 0 Å². The van der Waals surface area contributed by atoms with Crippen LogP contribution < -0.4 is 15.4 Å². The van der Waals surface area contributed by atoms with Gasteiger partial charge in [0.25, 0.3) is 0 Å². The molecule has 20 heavy (non-hydrogen) atoms. The van der Waals surface area contributed by atoms with Crippen LogP contribution in [0.4, 0.5) is 0 Å². The maximum atomic E-state index is 5.29. The number of benzene rings is 1. The number of methoxy groups -OCH3 is 1. The monoisotopic (exact) mass is 359 g/mol. The van der Waals surface area contributed by atoms with Crippen molar-refractivity contribution in [3.05, 3.63) is 28.2 Å². The number of likely N-dealkylation sites (N-methyl/N-ethyl adjacent to an activating group) is 1. The third-order valence-corrected chi connectivity index (χ3v) is 3.75. The standard InChI is InChI=1S/C14H22BrN3OS/c1-10(17-14(20)16-7-8-18(2)3)11-5-6-13(19-4)12(15)9-11/h5-6,9-10H,7-8H2,1-4H3,(H2,16,17,20)/t10-/m1/s1. The van der Waals surface area contributed by atoms with Crippen LogP contribution in [0, 0.1) is 0 Å². The molecule has 0 aliphatic heterocycles. The summed E-state index contributed by atoms with van der Waals surface area (Å²) >= 11 is 8.78. The van der Waals surface area contributed by atoms with Crippen LogP contribution in [0.25, 0.3) is 0 Å². The molecule has 4 nitrogen and oxygen atoms in total. The van der Waals surface area contributed by atoms with E-state index in [4.69, 9.17) is 17.0 Å². The van der Waals surface area contributed by atoms with Gasteiger partial charge < -0.3 is 20.3 Å². The predicted molar refractivity (Wildman–Crippen MR) is 91.4 cm³/mol. The van der Waals surface area contributed by atoms with Crippen LogP contribution in [-0.2, 0) is 0 Å². The van der Waals surface area contributed by atoms with E-state index in [1.54, 1.807) is 7.11 Å². The smallest absolute Gasteiger partial charge is 0.166 e. The lowest BCUT2D eigenvalue weighted by molar-refractivity contribution is 0.411. The van der Waals surface area contributed by atoms with Crippen LogP contribution in [-0.4, -0.2) is 44.3 Å². The molecule has 0 amide bonds. The summed E-state index contributed by atoms with van der Waals surface area (Å²) in [6.45, 7) is 3.86. The molecule has 0 radical (unpaired) electrons. The highest BCUT2D eigenvalue weighted by Crippen LogP contribution is 2.27. The highest BCUT2D eigenvalue weighted by atomic mass is 79.9. The minimum absolute atomic E-state index is 0.136. The van der Waals surface area contributed by atoms with Crippen LogP contribution in [0.5, 0.6) is 5.75 Å². The van der Waals surface area contributed by atoms with E-state index in [0.29, 0.717) is 5.11 Å². The summed E-state index contributed by atoms with van der Waals surface area (Å²) in [4.78, 5) is 2.11. The Bertz CT molecular complexity index is 454. The second kappa shape index (κ2) is 8.44. The number of hydrogen-bond donors (Lipinski definition) is 2. The molecule has 0 aliphatic carbocycles. The van der Waals surface area contributed by atoms with Gasteiger partial charge in [0.15, 0.2) is 5.11 Å². The molecule has 0 saturated carbocycles. The lowest BCUT2D eigenvalue weighted by atomic mass is 10.1. The molecule has 0 heterocycles. The lowest BCUT2D eigenvalue weighted by Crippen LogP contribution is -2.39. The summed E-state index contributed by atoms with van der Waals surface area (Å²) in [5.41, 5.74) is 1.15. The fourth-order valence-corrected chi connectivity index (χ4v) is 2.51. The third kappa shape index (κ3) is 5.64. The first kappa shape index (κ1) is 17.2. The maximum Gasteiger partial charge on any atom is 0.166 e. The van der Waals surface area contributed by atoms with Gasteiger partial charge in [-0.2, -0.15) is 0 Å². The SMILES string of the molecule is COc1ccc([C@@H](C)NC(=S)NCCN(C)C)cc1Br. The maximum absolute atomic E-state index is 5.29. The molecule has 0 aromatic heterocycles. The largest absolute Gasteiger partial charge is 0.496 e. The summed E-state index contributed by atoms with van der Waals surface area (Å²) in [6.07, 6.45) is 0. The van der Waals surface area contributed by atoms with Gasteiger partial charge in [-0.05, 0) is 66.9 Å². The van der Waals surface area contributed by atoms with E-state index in [-0.39, 0.29) is 6.04 Å². The van der Waals surface area contributed by atoms with Gasteiger partial charge in [0.2, 0.25) is 0 Å². The Morgan fingerprint density at radius 2 is 2.15 bits per heavy atom. The molecule has 112 valence electrons. The van der Waals surface area contributed by atoms with Crippen LogP contribution in [0.2, 0.25) is 0 Å². The van der Waals surface area contributed by atoms with Gasteiger partial charge in [0.05, 0.1) is 17.6 Å². The van der Waals surface area contributed by atoms with Crippen molar-refractivity contribution in [2.45, 2.75) is 13.0 Å². The molecule has 0 spiro atoms. The molecule has 1 aromatic carbocycles. The van der Waals surface area contributed by atoms with Gasteiger partial charge >= 0.3 is 0 Å². The minimum Gasteiger partial charge on any atom is -0.496 e. The summed E-state index contributed by atoms with van der Waals surface area (Å²) < 4.78 is 6.17. The summed E-state index contributed by atoms with van der Waals surface area (Å²) in [7, 11) is 5.73. The van der Waals surface area contributed by atoms with E-state index >= 15 is 0 Å². The number of rotatable bonds is 6. The number of nitrogens with one attached hydrogen (secondary N) is 2. The number of ether oxygens (including phenoxy) is 1. The molecule has 6 heteroatoms. The molecular weight excluding hydrogens is 338 g/mol. The highest BCUT2D eigenvalue weighted by molar-refractivity contribution is 9.10. The van der Waals surface area contributed by atoms with Crippen molar-refractivity contribution < 1.29 is 4.74 Å². The Kier molecular flexibility index (Phi) is 7.26. The van der Waals surface area contributed by atoms with Gasteiger partial charge in [0.1, 0.15) is 5.75 Å². The average molecular weight is 360 g/mol. The topological polar surface area (TPSA) is 36.5 Å². The van der Waals surface area contributed by atoms with E-state index in [0.717, 1.165) is 28.9 Å². The molecular formula is C14H22BrN3OS. The van der Waals surface area contributed by atoms with E-state index < -0.39 is 0 Å². The second-order valence-corrected chi connectivity index (χ2v) is 6.08. The van der Waals surface area contributed by atoms with E-state index in [2.05, 4.69) is 38.4 Å². The lowest BCUT2D eigenvalue weighted by Gasteiger charge is -2.19. The Hall–Kier alpha value is -0.850. The predicted octanol–water partition coefficient (Wildman–Crippen LogP) is 2.54. The molecule has 1 aromatic rings. The van der Waals surface area contributed by atoms with Crippen molar-refractivity contribution in [1.82, 2.24) is 15.5 Å². The average Bonchev–Trinajstić information content (AvgIpc) is 2.38. The van der Waals surface area contributed by atoms with E-state index in [1.807, 2.05) is 32.3 Å². The summed E-state index contributed by atoms with van der Waals surface area (Å²) in [5, 5.41) is 7.14. The molecule has 0 aliphatic rings. The quantitative estimate of drug-likeness (QED) is 0.763. The van der Waals surface area contributed by atoms with Crippen molar-refractivity contribution in [1.29, 1.82) is 0 Å². The van der Waals surface area contributed by atoms with Crippen molar-refractivity contribution >= 4 is 33.3 Å². The van der Waals surface area contributed by atoms with Gasteiger partial charge in [-0.25, -0.2) is 0 Å². The zero-order valence-corrected chi connectivity index (χ0v) is 14.8. The van der Waals surface area contributed by atoms with Gasteiger partial charge in [-0.3, -0.25) is 0 Å². The molecule has 0 saturated heterocycles. The molecule has 0 unspecified atom stereocenters. The van der Waals surface area contributed by atoms with Gasteiger partial charge in [-0.1, -0.05) is 6.07 Å². The minimum atomic E-state index is 0.136. The Morgan fingerprint density at radius 1 is 1.45 bits per heavy atom. The van der Waals surface area contributed by atoms with Crippen molar-refractivity contribution in [3.63, 3.8) is 0 Å². The second-order valence-electron chi connectivity index (χ2n) is 4.82. The highest BCUT2D eigenvalue weighted by Gasteiger charge is 2.09. The fraction of sp³-hybridized carbons (Fsp3) is 0.500. The summed E-state index contributed by atoms with van der Waals surface area (Å²) in [5.74, 6) is 0.827. The normalized spacial score (nSPS) is 12.1. The van der Waals surface area contributed by atoms with Gasteiger partial charge in [-0.15, -0.1) is 0 Å². The van der Waals surface area contributed by atoms with Crippen LogP contribution in [0.3, 0.4) is 0 Å². The summed E-state index contributed by atoms with van der Waals surface area (Å²) in [6, 6.07) is 6.15. The van der Waals surface area contributed by atoms with Crippen LogP contribution in [0.15, 0.2) is 22.7 Å². The first-order chi connectivity index (χ1) is 9.43. The number of hydrogen-bond acceptors (Lipinski definition) is 3. The molecule has 1 atom stereocenters. The molecule has 0 fully saturated rings. The number of halogens is 1. The Labute approximate surface area is 135 Å². The molecule has 0 bridgehead atoms. The Balaban J connectivity index is 2.51. The zero-order valence-electron chi connectivity index (χ0n) is 12.4. The fourth-order valence-electron chi connectivity index (χ4n) is 1.68. The Morgan fingerprint density at radius 3 is 2.70 bits per heavy atom. The first-order valence-electron chi connectivity index (χ1n) is 6.46. The van der Waals surface area contributed by atoms with E-state index in [9.17, 15) is 0 Å². The van der Waals surface area contributed by atoms with Crippen LogP contribution in [0.1, 0.15) is 18.5 Å². The van der Waals surface area contributed by atoms with Crippen molar-refractivity contribution in [2.75, 3.05) is 34.3 Å².